The van der Waals surface area contributed by atoms with E-state index in [2.05, 4.69) is 17.9 Å². The number of ketones is 1. The van der Waals surface area contributed by atoms with E-state index < -0.39 is 0 Å². The lowest BCUT2D eigenvalue weighted by atomic mass is 10.4. The highest BCUT2D eigenvalue weighted by atomic mass is 32.1. The maximum absolute atomic E-state index is 10.3. The molecule has 1 saturated heterocycles. The fourth-order valence-electron chi connectivity index (χ4n) is 0.592. The number of Topliss-reactive ketones (excluding diaryl/α,β-unsaturated/α-hetero) is 1. The average molecular weight is 117 g/mol. The van der Waals surface area contributed by atoms with Crippen LogP contribution < -0.4 is 5.32 Å². The third-order valence-corrected chi connectivity index (χ3v) is 1.32. The number of carbonyl (C=O) groups excluding carboxylic acids is 1. The topological polar surface area (TPSA) is 29.1 Å². The van der Waals surface area contributed by atoms with Crippen LogP contribution >= 0.6 is 12.6 Å². The van der Waals surface area contributed by atoms with E-state index in [1.54, 1.807) is 0 Å². The molecule has 40 valence electrons. The summed E-state index contributed by atoms with van der Waals surface area (Å²) in [6, 6.07) is 0. The number of nitrogens with one attached hydrogen (secondary N) is 1. The summed E-state index contributed by atoms with van der Waals surface area (Å²) in [6.45, 7) is 0.508. The molecule has 1 fully saturated rings. The van der Waals surface area contributed by atoms with Crippen LogP contribution in [0.4, 0.5) is 0 Å². The molecule has 7 heavy (non-hydrogen) atoms. The van der Waals surface area contributed by atoms with Gasteiger partial charge in [0.25, 0.3) is 0 Å². The van der Waals surface area contributed by atoms with Crippen LogP contribution in [0, 0.1) is 0 Å². The lowest BCUT2D eigenvalue weighted by molar-refractivity contribution is -0.116. The summed E-state index contributed by atoms with van der Waals surface area (Å²) in [7, 11) is 0. The Balaban J connectivity index is 2.40. The number of rotatable bonds is 0. The van der Waals surface area contributed by atoms with E-state index in [-0.39, 0.29) is 11.2 Å². The zero-order valence-corrected chi connectivity index (χ0v) is 4.74. The molecule has 0 bridgehead atoms. The Kier molecular flexibility index (Phi) is 1.35. The van der Waals surface area contributed by atoms with Gasteiger partial charge in [-0.05, 0) is 0 Å². The summed E-state index contributed by atoms with van der Waals surface area (Å²) in [5, 5.41) is 3.00. The van der Waals surface area contributed by atoms with Gasteiger partial charge in [0.05, 0.1) is 11.9 Å². The van der Waals surface area contributed by atoms with Gasteiger partial charge in [0.15, 0.2) is 0 Å². The van der Waals surface area contributed by atoms with Gasteiger partial charge in [-0.15, -0.1) is 0 Å². The number of hydrogen-bond donors (Lipinski definition) is 2. The molecule has 2 nitrogen and oxygen atoms in total. The summed E-state index contributed by atoms with van der Waals surface area (Å²) in [5.74, 6) is 0.264. The first-order valence-corrected chi connectivity index (χ1v) is 2.74. The van der Waals surface area contributed by atoms with E-state index in [0.717, 1.165) is 0 Å². The van der Waals surface area contributed by atoms with Gasteiger partial charge in [0.1, 0.15) is 5.78 Å². The predicted octanol–water partition coefficient (Wildman–Crippen LogP) is -0.195. The summed E-state index contributed by atoms with van der Waals surface area (Å²) < 4.78 is 0. The standard InChI is InChI=1S/C4H7NOS/c6-3-1-4(7)5-2-3/h4-5,7H,1-2H2. The molecule has 1 rings (SSSR count). The van der Waals surface area contributed by atoms with Crippen molar-refractivity contribution < 1.29 is 4.79 Å². The molecule has 1 unspecified atom stereocenters. The summed E-state index contributed by atoms with van der Waals surface area (Å²) in [5.41, 5.74) is 0. The average Bonchev–Trinajstić information content (AvgIpc) is 1.87. The Morgan fingerprint density at radius 2 is 2.57 bits per heavy atom. The van der Waals surface area contributed by atoms with Gasteiger partial charge in [-0.2, -0.15) is 12.6 Å². The Labute approximate surface area is 47.7 Å². The van der Waals surface area contributed by atoms with Crippen LogP contribution in [0.3, 0.4) is 0 Å². The fraction of sp³-hybridized carbons (Fsp3) is 0.750. The molecular formula is C4H7NOS. The van der Waals surface area contributed by atoms with Gasteiger partial charge < -0.3 is 0 Å². The van der Waals surface area contributed by atoms with Crippen LogP contribution in [-0.2, 0) is 4.79 Å². The smallest absolute Gasteiger partial charge is 0.149 e. The van der Waals surface area contributed by atoms with Crippen LogP contribution in [0.25, 0.3) is 0 Å². The van der Waals surface area contributed by atoms with E-state index in [1.807, 2.05) is 0 Å². The highest BCUT2D eigenvalue weighted by Gasteiger charge is 2.16. The van der Waals surface area contributed by atoms with Crippen LogP contribution in [0.15, 0.2) is 0 Å². The molecule has 1 heterocycles. The summed E-state index contributed by atoms with van der Waals surface area (Å²) >= 11 is 4.02. The molecule has 0 radical (unpaired) electrons. The summed E-state index contributed by atoms with van der Waals surface area (Å²) in [6.07, 6.45) is 0.586. The van der Waals surface area contributed by atoms with Crippen molar-refractivity contribution in [2.75, 3.05) is 6.54 Å². The Hall–Kier alpha value is -0.0200. The molecule has 0 aromatic carbocycles. The Morgan fingerprint density at radius 1 is 1.86 bits per heavy atom. The quantitative estimate of drug-likeness (QED) is 0.430. The van der Waals surface area contributed by atoms with Gasteiger partial charge in [-0.3, -0.25) is 10.1 Å². The molecule has 0 aliphatic carbocycles. The van der Waals surface area contributed by atoms with Crippen molar-refractivity contribution in [1.29, 1.82) is 0 Å². The van der Waals surface area contributed by atoms with Crippen molar-refractivity contribution in [3.8, 4) is 0 Å². The number of thiol groups is 1. The first-order valence-electron chi connectivity index (χ1n) is 2.22. The molecule has 1 aliphatic heterocycles. The van der Waals surface area contributed by atoms with Gasteiger partial charge in [-0.25, -0.2) is 0 Å². The minimum absolute atomic E-state index is 0.118. The second-order valence-corrected chi connectivity index (χ2v) is 2.26. The minimum atomic E-state index is 0.118. The van der Waals surface area contributed by atoms with Gasteiger partial charge in [0, 0.05) is 6.42 Å². The molecule has 0 amide bonds. The Morgan fingerprint density at radius 3 is 2.71 bits per heavy atom. The van der Waals surface area contributed by atoms with Crippen LogP contribution in [0.1, 0.15) is 6.42 Å². The third-order valence-electron chi connectivity index (χ3n) is 0.956. The number of hydrogen-bond acceptors (Lipinski definition) is 3. The highest BCUT2D eigenvalue weighted by Crippen LogP contribution is 2.03. The van der Waals surface area contributed by atoms with Crippen molar-refractivity contribution in [1.82, 2.24) is 5.32 Å². The van der Waals surface area contributed by atoms with Crippen molar-refractivity contribution >= 4 is 18.4 Å². The van der Waals surface area contributed by atoms with Crippen molar-refractivity contribution in [2.45, 2.75) is 11.8 Å². The van der Waals surface area contributed by atoms with Gasteiger partial charge in [0.2, 0.25) is 0 Å². The highest BCUT2D eigenvalue weighted by molar-refractivity contribution is 7.80. The van der Waals surface area contributed by atoms with E-state index in [1.165, 1.54) is 0 Å². The van der Waals surface area contributed by atoms with Crippen molar-refractivity contribution in [3.05, 3.63) is 0 Å². The summed E-state index contributed by atoms with van der Waals surface area (Å²) in [4.78, 5) is 10.3. The molecule has 0 aromatic heterocycles. The molecular weight excluding hydrogens is 110 g/mol. The zero-order chi connectivity index (χ0) is 5.28. The second-order valence-electron chi connectivity index (χ2n) is 1.64. The predicted molar refractivity (Wildman–Crippen MR) is 30.4 cm³/mol. The van der Waals surface area contributed by atoms with Crippen LogP contribution in [0.2, 0.25) is 0 Å². The molecule has 1 N–H and O–H groups in total. The monoisotopic (exact) mass is 117 g/mol. The molecule has 0 spiro atoms. The third kappa shape index (κ3) is 1.17. The number of carbonyl (C=O) groups is 1. The molecule has 1 atom stereocenters. The fourth-order valence-corrected chi connectivity index (χ4v) is 0.887. The van der Waals surface area contributed by atoms with Gasteiger partial charge in [-0.1, -0.05) is 0 Å². The maximum Gasteiger partial charge on any atom is 0.149 e. The first kappa shape index (κ1) is 5.12. The maximum atomic E-state index is 10.3. The molecule has 1 aliphatic rings. The second kappa shape index (κ2) is 1.84. The SMILES string of the molecule is O=C1CNC(S)C1. The van der Waals surface area contributed by atoms with Crippen LogP contribution in [0.5, 0.6) is 0 Å². The van der Waals surface area contributed by atoms with Crippen molar-refractivity contribution in [3.63, 3.8) is 0 Å². The van der Waals surface area contributed by atoms with E-state index in [9.17, 15) is 4.79 Å². The first-order chi connectivity index (χ1) is 3.29. The lowest BCUT2D eigenvalue weighted by Gasteiger charge is -1.92. The molecule has 3 heteroatoms. The van der Waals surface area contributed by atoms with E-state index >= 15 is 0 Å². The minimum Gasteiger partial charge on any atom is -0.298 e. The Bertz CT molecular complexity index is 93.7. The normalized spacial score (nSPS) is 31.6. The van der Waals surface area contributed by atoms with E-state index in [0.29, 0.717) is 13.0 Å². The zero-order valence-electron chi connectivity index (χ0n) is 3.85. The largest absolute Gasteiger partial charge is 0.298 e. The lowest BCUT2D eigenvalue weighted by Crippen LogP contribution is -2.14. The molecule has 0 aromatic rings. The van der Waals surface area contributed by atoms with Gasteiger partial charge >= 0.3 is 0 Å². The van der Waals surface area contributed by atoms with Crippen molar-refractivity contribution in [2.24, 2.45) is 0 Å². The van der Waals surface area contributed by atoms with Crippen LogP contribution in [-0.4, -0.2) is 17.7 Å². The molecule has 0 saturated carbocycles. The van der Waals surface area contributed by atoms with E-state index in [4.69, 9.17) is 0 Å².